The van der Waals surface area contributed by atoms with Gasteiger partial charge in [0.05, 0.1) is 11.3 Å². The third kappa shape index (κ3) is 3.23. The Hall–Kier alpha value is -2.44. The van der Waals surface area contributed by atoms with Crippen LogP contribution in [0.15, 0.2) is 41.2 Å². The lowest BCUT2D eigenvalue weighted by molar-refractivity contribution is 0.244. The van der Waals surface area contributed by atoms with Crippen molar-refractivity contribution in [2.24, 2.45) is 0 Å². The van der Waals surface area contributed by atoms with Crippen molar-refractivity contribution in [2.45, 2.75) is 26.4 Å². The summed E-state index contributed by atoms with van der Waals surface area (Å²) < 4.78 is 0. The van der Waals surface area contributed by atoms with E-state index in [0.29, 0.717) is 6.54 Å². The number of nitrogens with zero attached hydrogens (tertiary/aromatic N) is 2. The van der Waals surface area contributed by atoms with E-state index in [0.717, 1.165) is 30.8 Å². The van der Waals surface area contributed by atoms with E-state index in [1.807, 2.05) is 11.3 Å². The number of rotatable bonds is 3. The molecule has 0 fully saturated rings. The van der Waals surface area contributed by atoms with Crippen molar-refractivity contribution in [3.63, 3.8) is 0 Å². The van der Waals surface area contributed by atoms with E-state index in [-0.39, 0.29) is 11.5 Å². The van der Waals surface area contributed by atoms with Crippen LogP contribution in [-0.4, -0.2) is 21.4 Å². The Morgan fingerprint density at radius 1 is 1.28 bits per heavy atom. The second-order valence-electron chi connectivity index (χ2n) is 6.42. The Kier molecular flexibility index (Phi) is 4.15. The number of nitrogens with one attached hydrogen (secondary N) is 1. The van der Waals surface area contributed by atoms with E-state index in [1.54, 1.807) is 0 Å². The molecule has 5 nitrogen and oxygen atoms in total. The van der Waals surface area contributed by atoms with Crippen molar-refractivity contribution >= 4 is 17.3 Å². The Morgan fingerprint density at radius 3 is 2.96 bits per heavy atom. The van der Waals surface area contributed by atoms with Gasteiger partial charge in [-0.1, -0.05) is 24.3 Å². The number of hydrogen-bond acceptors (Lipinski definition) is 5. The van der Waals surface area contributed by atoms with Gasteiger partial charge in [-0.2, -0.15) is 0 Å². The fourth-order valence-corrected chi connectivity index (χ4v) is 4.45. The minimum atomic E-state index is -0.112. The van der Waals surface area contributed by atoms with Gasteiger partial charge in [-0.15, -0.1) is 11.3 Å². The summed E-state index contributed by atoms with van der Waals surface area (Å²) in [5.41, 5.74) is 9.68. The zero-order valence-electron chi connectivity index (χ0n) is 14.1. The van der Waals surface area contributed by atoms with Crippen LogP contribution in [0.25, 0.3) is 10.4 Å². The zero-order valence-corrected chi connectivity index (χ0v) is 14.9. The molecule has 6 heteroatoms. The minimum absolute atomic E-state index is 0.112. The molecule has 0 saturated carbocycles. The van der Waals surface area contributed by atoms with Crippen LogP contribution < -0.4 is 11.3 Å². The van der Waals surface area contributed by atoms with Crippen molar-refractivity contribution in [3.05, 3.63) is 68.4 Å². The van der Waals surface area contributed by atoms with Crippen LogP contribution in [-0.2, 0) is 19.5 Å². The van der Waals surface area contributed by atoms with E-state index < -0.39 is 0 Å². The first kappa shape index (κ1) is 16.1. The molecule has 25 heavy (non-hydrogen) atoms. The van der Waals surface area contributed by atoms with Gasteiger partial charge in [-0.05, 0) is 30.2 Å². The molecule has 1 aromatic carbocycles. The van der Waals surface area contributed by atoms with Gasteiger partial charge in [0, 0.05) is 35.8 Å². The number of aryl methyl sites for hydroxylation is 1. The third-order valence-corrected chi connectivity index (χ3v) is 5.72. The van der Waals surface area contributed by atoms with E-state index in [1.165, 1.54) is 20.9 Å². The SMILES string of the molecule is Cc1ccccc1-c1ccc(CN2CCc3nc(N)[nH]c(=O)c3C2)s1. The topological polar surface area (TPSA) is 75.0 Å². The smallest absolute Gasteiger partial charge is 0.257 e. The molecule has 0 aliphatic carbocycles. The molecule has 3 aromatic rings. The van der Waals surface area contributed by atoms with Crippen LogP contribution in [0.3, 0.4) is 0 Å². The minimum Gasteiger partial charge on any atom is -0.369 e. The summed E-state index contributed by atoms with van der Waals surface area (Å²) in [4.78, 5) is 23.9. The van der Waals surface area contributed by atoms with Crippen LogP contribution >= 0.6 is 11.3 Å². The van der Waals surface area contributed by atoms with Gasteiger partial charge >= 0.3 is 0 Å². The fourth-order valence-electron chi connectivity index (χ4n) is 3.31. The predicted octanol–water partition coefficient (Wildman–Crippen LogP) is 2.95. The number of thiophene rings is 1. The fraction of sp³-hybridized carbons (Fsp3) is 0.263. The van der Waals surface area contributed by atoms with Gasteiger partial charge in [0.25, 0.3) is 5.56 Å². The second-order valence-corrected chi connectivity index (χ2v) is 7.59. The number of aromatic amines is 1. The molecule has 0 atom stereocenters. The van der Waals surface area contributed by atoms with Crippen molar-refractivity contribution in [1.82, 2.24) is 14.9 Å². The van der Waals surface area contributed by atoms with Crippen LogP contribution in [0, 0.1) is 6.92 Å². The molecule has 128 valence electrons. The summed E-state index contributed by atoms with van der Waals surface area (Å²) in [6, 6.07) is 12.8. The van der Waals surface area contributed by atoms with E-state index in [2.05, 4.69) is 58.2 Å². The van der Waals surface area contributed by atoms with Gasteiger partial charge < -0.3 is 5.73 Å². The largest absolute Gasteiger partial charge is 0.369 e. The van der Waals surface area contributed by atoms with Crippen LogP contribution in [0.1, 0.15) is 21.7 Å². The Labute approximate surface area is 150 Å². The highest BCUT2D eigenvalue weighted by Gasteiger charge is 2.21. The summed E-state index contributed by atoms with van der Waals surface area (Å²) in [5.74, 6) is 0.207. The normalized spacial score (nSPS) is 14.4. The van der Waals surface area contributed by atoms with Gasteiger partial charge in [-0.3, -0.25) is 14.7 Å². The molecular weight excluding hydrogens is 332 g/mol. The van der Waals surface area contributed by atoms with Gasteiger partial charge in [0.1, 0.15) is 0 Å². The van der Waals surface area contributed by atoms with E-state index in [9.17, 15) is 4.79 Å². The number of fused-ring (bicyclic) bond motifs is 1. The molecule has 3 heterocycles. The lowest BCUT2D eigenvalue weighted by Gasteiger charge is -2.26. The average Bonchev–Trinajstić information content (AvgIpc) is 3.04. The third-order valence-electron chi connectivity index (χ3n) is 4.62. The van der Waals surface area contributed by atoms with E-state index in [4.69, 9.17) is 5.73 Å². The summed E-state index contributed by atoms with van der Waals surface area (Å²) >= 11 is 1.82. The summed E-state index contributed by atoms with van der Waals surface area (Å²) in [7, 11) is 0. The number of hydrogen-bond donors (Lipinski definition) is 2. The maximum atomic E-state index is 12.1. The van der Waals surface area contributed by atoms with Crippen LogP contribution in [0.4, 0.5) is 5.95 Å². The maximum absolute atomic E-state index is 12.1. The van der Waals surface area contributed by atoms with Crippen molar-refractivity contribution in [3.8, 4) is 10.4 Å². The Balaban J connectivity index is 1.52. The molecule has 0 bridgehead atoms. The molecule has 2 aromatic heterocycles. The molecule has 0 radical (unpaired) electrons. The highest BCUT2D eigenvalue weighted by Crippen LogP contribution is 2.31. The zero-order chi connectivity index (χ0) is 17.4. The van der Waals surface area contributed by atoms with Crippen molar-refractivity contribution in [1.29, 1.82) is 0 Å². The molecule has 0 saturated heterocycles. The van der Waals surface area contributed by atoms with Crippen LogP contribution in [0.2, 0.25) is 0 Å². The molecule has 1 aliphatic heterocycles. The molecule has 3 N–H and O–H groups in total. The first-order valence-electron chi connectivity index (χ1n) is 8.35. The maximum Gasteiger partial charge on any atom is 0.257 e. The first-order valence-corrected chi connectivity index (χ1v) is 9.16. The molecule has 0 spiro atoms. The lowest BCUT2D eigenvalue weighted by atomic mass is 10.1. The predicted molar refractivity (Wildman–Crippen MR) is 102 cm³/mol. The summed E-state index contributed by atoms with van der Waals surface area (Å²) in [6.45, 7) is 4.50. The Morgan fingerprint density at radius 2 is 2.12 bits per heavy atom. The first-order chi connectivity index (χ1) is 12.1. The Bertz CT molecular complexity index is 976. The molecule has 0 amide bonds. The molecular formula is C19H20N4OS. The second kappa shape index (κ2) is 6.46. The monoisotopic (exact) mass is 352 g/mol. The molecule has 4 rings (SSSR count). The number of aromatic nitrogens is 2. The highest BCUT2D eigenvalue weighted by molar-refractivity contribution is 7.15. The molecule has 1 aliphatic rings. The number of nitrogens with two attached hydrogens (primary N) is 1. The van der Waals surface area contributed by atoms with E-state index >= 15 is 0 Å². The van der Waals surface area contributed by atoms with Crippen molar-refractivity contribution in [2.75, 3.05) is 12.3 Å². The molecule has 0 unspecified atom stereocenters. The number of anilines is 1. The average molecular weight is 352 g/mol. The van der Waals surface area contributed by atoms with Crippen molar-refractivity contribution < 1.29 is 0 Å². The quantitative estimate of drug-likeness (QED) is 0.760. The highest BCUT2D eigenvalue weighted by atomic mass is 32.1. The summed E-state index contributed by atoms with van der Waals surface area (Å²) in [6.07, 6.45) is 0.763. The number of benzene rings is 1. The lowest BCUT2D eigenvalue weighted by Crippen LogP contribution is -2.35. The standard InChI is InChI=1S/C19H20N4OS/c1-12-4-2-3-5-14(12)17-7-6-13(25-17)10-23-9-8-16-15(11-23)18(24)22-19(20)21-16/h2-7H,8-11H2,1H3,(H3,20,21,22,24). The number of nitrogen functional groups attached to an aromatic ring is 1. The van der Waals surface area contributed by atoms with Gasteiger partial charge in [-0.25, -0.2) is 4.98 Å². The van der Waals surface area contributed by atoms with Crippen LogP contribution in [0.5, 0.6) is 0 Å². The number of H-pyrrole nitrogens is 1. The van der Waals surface area contributed by atoms with Gasteiger partial charge in [0.2, 0.25) is 5.95 Å². The van der Waals surface area contributed by atoms with Gasteiger partial charge in [0.15, 0.2) is 0 Å². The summed E-state index contributed by atoms with van der Waals surface area (Å²) in [5, 5.41) is 0.